The van der Waals surface area contributed by atoms with E-state index in [1.165, 1.54) is 14.2 Å². The highest BCUT2D eigenvalue weighted by molar-refractivity contribution is 5.72. The molecule has 0 atom stereocenters. The summed E-state index contributed by atoms with van der Waals surface area (Å²) in [7, 11) is 2.75. The number of carbonyl (C=O) groups is 2. The van der Waals surface area contributed by atoms with Gasteiger partial charge in [0.15, 0.2) is 0 Å². The normalized spacial score (nSPS) is 10.3. The average Bonchev–Trinajstić information content (AvgIpc) is 2.83. The molecule has 0 heterocycles. The van der Waals surface area contributed by atoms with Gasteiger partial charge in [-0.2, -0.15) is 0 Å². The van der Waals surface area contributed by atoms with Crippen LogP contribution < -0.4 is 9.47 Å². The zero-order valence-corrected chi connectivity index (χ0v) is 18.2. The molecule has 0 saturated carbocycles. The van der Waals surface area contributed by atoms with Crippen molar-refractivity contribution in [3.05, 3.63) is 95.1 Å². The first-order valence-corrected chi connectivity index (χ1v) is 10.2. The van der Waals surface area contributed by atoms with Crippen LogP contribution in [0.3, 0.4) is 0 Å². The molecule has 166 valence electrons. The largest absolute Gasteiger partial charge is 0.489 e. The van der Waals surface area contributed by atoms with E-state index in [1.54, 1.807) is 0 Å². The molecule has 3 aromatic carbocycles. The lowest BCUT2D eigenvalue weighted by atomic mass is 10.1. The summed E-state index contributed by atoms with van der Waals surface area (Å²) in [5.41, 5.74) is 3.81. The van der Waals surface area contributed by atoms with Crippen molar-refractivity contribution in [1.29, 1.82) is 0 Å². The predicted molar refractivity (Wildman–Crippen MR) is 119 cm³/mol. The first-order chi connectivity index (χ1) is 15.6. The molecule has 0 aliphatic rings. The molecule has 0 aliphatic heterocycles. The van der Waals surface area contributed by atoms with Gasteiger partial charge in [-0.3, -0.25) is 9.59 Å². The summed E-state index contributed by atoms with van der Waals surface area (Å²) in [6.07, 6.45) is 0.486. The SMILES string of the molecule is COC(=O)Cc1ccc(OCc2cccc(COc3ccc(CC(=O)OC)cc3)c2)cc1. The summed E-state index contributed by atoms with van der Waals surface area (Å²) in [5.74, 6) is 0.921. The Morgan fingerprint density at radius 1 is 0.594 bits per heavy atom. The second-order valence-electron chi connectivity index (χ2n) is 7.19. The van der Waals surface area contributed by atoms with Crippen molar-refractivity contribution in [2.45, 2.75) is 26.1 Å². The van der Waals surface area contributed by atoms with E-state index in [0.717, 1.165) is 33.8 Å². The Kier molecular flexibility index (Phi) is 8.26. The Bertz CT molecular complexity index is 944. The maximum atomic E-state index is 11.3. The van der Waals surface area contributed by atoms with Crippen molar-refractivity contribution in [3.8, 4) is 11.5 Å². The van der Waals surface area contributed by atoms with E-state index in [2.05, 4.69) is 9.47 Å². The molecule has 6 heteroatoms. The van der Waals surface area contributed by atoms with E-state index in [-0.39, 0.29) is 24.8 Å². The average molecular weight is 434 g/mol. The van der Waals surface area contributed by atoms with Crippen LogP contribution in [-0.2, 0) is 45.1 Å². The fraction of sp³-hybridized carbons (Fsp3) is 0.231. The van der Waals surface area contributed by atoms with Gasteiger partial charge in [-0.1, -0.05) is 42.5 Å². The van der Waals surface area contributed by atoms with Gasteiger partial charge in [-0.25, -0.2) is 0 Å². The molecule has 0 N–H and O–H groups in total. The zero-order chi connectivity index (χ0) is 22.8. The van der Waals surface area contributed by atoms with Crippen LogP contribution in [0.2, 0.25) is 0 Å². The van der Waals surface area contributed by atoms with Gasteiger partial charge < -0.3 is 18.9 Å². The molecule has 3 rings (SSSR count). The van der Waals surface area contributed by atoms with E-state index in [0.29, 0.717) is 13.2 Å². The molecule has 32 heavy (non-hydrogen) atoms. The topological polar surface area (TPSA) is 71.1 Å². The third kappa shape index (κ3) is 7.16. The number of benzene rings is 3. The molecule has 0 spiro atoms. The number of hydrogen-bond donors (Lipinski definition) is 0. The summed E-state index contributed by atoms with van der Waals surface area (Å²) in [4.78, 5) is 22.7. The molecular formula is C26H26O6. The molecular weight excluding hydrogens is 408 g/mol. The third-order valence-corrected chi connectivity index (χ3v) is 4.80. The Morgan fingerprint density at radius 2 is 1.00 bits per heavy atom. The smallest absolute Gasteiger partial charge is 0.309 e. The number of ether oxygens (including phenoxy) is 4. The van der Waals surface area contributed by atoms with Gasteiger partial charge in [-0.15, -0.1) is 0 Å². The quantitative estimate of drug-likeness (QED) is 0.444. The van der Waals surface area contributed by atoms with Crippen molar-refractivity contribution >= 4 is 11.9 Å². The number of hydrogen-bond acceptors (Lipinski definition) is 6. The summed E-state index contributed by atoms with van der Waals surface area (Å²) in [6, 6.07) is 22.8. The maximum absolute atomic E-state index is 11.3. The Labute approximate surface area is 187 Å². The van der Waals surface area contributed by atoms with Gasteiger partial charge >= 0.3 is 11.9 Å². The third-order valence-electron chi connectivity index (χ3n) is 4.80. The van der Waals surface area contributed by atoms with Gasteiger partial charge in [0, 0.05) is 0 Å². The molecule has 3 aromatic rings. The Morgan fingerprint density at radius 3 is 1.38 bits per heavy atom. The molecule has 0 aromatic heterocycles. The number of rotatable bonds is 10. The molecule has 0 saturated heterocycles. The van der Waals surface area contributed by atoms with Gasteiger partial charge in [0.05, 0.1) is 27.1 Å². The van der Waals surface area contributed by atoms with Crippen molar-refractivity contribution in [3.63, 3.8) is 0 Å². The second-order valence-corrected chi connectivity index (χ2v) is 7.19. The lowest BCUT2D eigenvalue weighted by Crippen LogP contribution is -2.04. The number of esters is 2. The standard InChI is InChI=1S/C26H26O6/c1-29-25(27)15-19-6-10-23(11-7-19)31-17-21-4-3-5-22(14-21)18-32-24-12-8-20(9-13-24)16-26(28)30-2/h3-14H,15-18H2,1-2H3. The molecule has 6 nitrogen and oxygen atoms in total. The predicted octanol–water partition coefficient (Wildman–Crippen LogP) is 4.28. The van der Waals surface area contributed by atoms with Gasteiger partial charge in [0.25, 0.3) is 0 Å². The van der Waals surface area contributed by atoms with Crippen LogP contribution in [0, 0.1) is 0 Å². The highest BCUT2D eigenvalue weighted by atomic mass is 16.5. The highest BCUT2D eigenvalue weighted by Crippen LogP contribution is 2.18. The first-order valence-electron chi connectivity index (χ1n) is 10.2. The fourth-order valence-corrected chi connectivity index (χ4v) is 3.03. The Hall–Kier alpha value is -3.80. The second kappa shape index (κ2) is 11.6. The van der Waals surface area contributed by atoms with E-state index in [9.17, 15) is 9.59 Å². The minimum atomic E-state index is -0.269. The van der Waals surface area contributed by atoms with Crippen LogP contribution in [-0.4, -0.2) is 26.2 Å². The van der Waals surface area contributed by atoms with Crippen molar-refractivity contribution in [1.82, 2.24) is 0 Å². The summed E-state index contributed by atoms with van der Waals surface area (Å²) >= 11 is 0. The summed E-state index contributed by atoms with van der Waals surface area (Å²) < 4.78 is 21.1. The van der Waals surface area contributed by atoms with Crippen LogP contribution in [0.4, 0.5) is 0 Å². The molecule has 0 bridgehead atoms. The van der Waals surface area contributed by atoms with Gasteiger partial charge in [0.1, 0.15) is 24.7 Å². The van der Waals surface area contributed by atoms with Crippen LogP contribution in [0.1, 0.15) is 22.3 Å². The highest BCUT2D eigenvalue weighted by Gasteiger charge is 2.05. The molecule has 0 unspecified atom stereocenters. The van der Waals surface area contributed by atoms with Crippen LogP contribution >= 0.6 is 0 Å². The molecule has 0 radical (unpaired) electrons. The minimum Gasteiger partial charge on any atom is -0.489 e. The maximum Gasteiger partial charge on any atom is 0.309 e. The minimum absolute atomic E-state index is 0.243. The van der Waals surface area contributed by atoms with E-state index in [4.69, 9.17) is 9.47 Å². The van der Waals surface area contributed by atoms with Crippen molar-refractivity contribution < 1.29 is 28.5 Å². The molecule has 0 aliphatic carbocycles. The van der Waals surface area contributed by atoms with Crippen LogP contribution in [0.15, 0.2) is 72.8 Å². The van der Waals surface area contributed by atoms with Gasteiger partial charge in [-0.05, 0) is 52.6 Å². The van der Waals surface area contributed by atoms with Crippen molar-refractivity contribution in [2.24, 2.45) is 0 Å². The fourth-order valence-electron chi connectivity index (χ4n) is 3.03. The number of methoxy groups -OCH3 is 2. The van der Waals surface area contributed by atoms with E-state index in [1.807, 2.05) is 72.8 Å². The van der Waals surface area contributed by atoms with Gasteiger partial charge in [0.2, 0.25) is 0 Å². The summed E-state index contributed by atoms with van der Waals surface area (Å²) in [6.45, 7) is 0.846. The zero-order valence-electron chi connectivity index (χ0n) is 18.2. The number of carbonyl (C=O) groups excluding carboxylic acids is 2. The lowest BCUT2D eigenvalue weighted by Gasteiger charge is -2.10. The van der Waals surface area contributed by atoms with Crippen molar-refractivity contribution in [2.75, 3.05) is 14.2 Å². The molecule has 0 fully saturated rings. The lowest BCUT2D eigenvalue weighted by molar-refractivity contribution is -0.140. The first kappa shape index (κ1) is 22.9. The van der Waals surface area contributed by atoms with E-state index >= 15 is 0 Å². The van der Waals surface area contributed by atoms with Crippen LogP contribution in [0.5, 0.6) is 11.5 Å². The van der Waals surface area contributed by atoms with Crippen LogP contribution in [0.25, 0.3) is 0 Å². The van der Waals surface area contributed by atoms with E-state index < -0.39 is 0 Å². The summed E-state index contributed by atoms with van der Waals surface area (Å²) in [5, 5.41) is 0. The monoisotopic (exact) mass is 434 g/mol. The Balaban J connectivity index is 1.50. The molecule has 0 amide bonds.